The molecule has 0 saturated carbocycles. The lowest BCUT2D eigenvalue weighted by Gasteiger charge is -2.10. The van der Waals surface area contributed by atoms with Crippen LogP contribution in [0.3, 0.4) is 0 Å². The molecule has 2 heterocycles. The van der Waals surface area contributed by atoms with Crippen LogP contribution in [0.2, 0.25) is 0 Å². The highest BCUT2D eigenvalue weighted by Crippen LogP contribution is 2.31. The molecule has 0 atom stereocenters. The summed E-state index contributed by atoms with van der Waals surface area (Å²) in [6.45, 7) is 2.98. The first-order valence-corrected chi connectivity index (χ1v) is 6.99. The van der Waals surface area contributed by atoms with E-state index in [1.807, 2.05) is 30.3 Å². The lowest BCUT2D eigenvalue weighted by molar-refractivity contribution is 0.415. The minimum absolute atomic E-state index is 0.684. The second-order valence-corrected chi connectivity index (χ2v) is 4.89. The van der Waals surface area contributed by atoms with Crippen LogP contribution in [0.5, 0.6) is 5.75 Å². The van der Waals surface area contributed by atoms with Crippen LogP contribution in [0.15, 0.2) is 36.5 Å². The zero-order valence-corrected chi connectivity index (χ0v) is 12.2. The summed E-state index contributed by atoms with van der Waals surface area (Å²) in [5.74, 6) is 1.60. The van der Waals surface area contributed by atoms with Gasteiger partial charge in [0.05, 0.1) is 7.11 Å². The van der Waals surface area contributed by atoms with Crippen molar-refractivity contribution in [2.45, 2.75) is 19.9 Å². The van der Waals surface area contributed by atoms with E-state index in [-0.39, 0.29) is 0 Å². The molecule has 5 nitrogen and oxygen atoms in total. The maximum Gasteiger partial charge on any atom is 0.160 e. The average Bonchev–Trinajstić information content (AvgIpc) is 2.87. The number of pyridine rings is 1. The Hall–Kier alpha value is -2.56. The van der Waals surface area contributed by atoms with Crippen molar-refractivity contribution in [2.75, 3.05) is 12.8 Å². The van der Waals surface area contributed by atoms with Gasteiger partial charge in [0.15, 0.2) is 5.65 Å². The van der Waals surface area contributed by atoms with Crippen molar-refractivity contribution in [1.82, 2.24) is 14.5 Å². The minimum Gasteiger partial charge on any atom is -0.497 e. The number of fused-ring (bicyclic) bond motifs is 1. The standard InChI is InChI=1S/C16H18N4O/c1-3-9-20-15(19-14-5-4-8-18-16(14)20)12-10-11(21-2)6-7-13(12)17/h4-8,10H,3,9,17H2,1-2H3. The van der Waals surface area contributed by atoms with Crippen LogP contribution in [-0.2, 0) is 6.54 Å². The summed E-state index contributed by atoms with van der Waals surface area (Å²) in [4.78, 5) is 9.15. The zero-order chi connectivity index (χ0) is 14.8. The largest absolute Gasteiger partial charge is 0.497 e. The average molecular weight is 282 g/mol. The van der Waals surface area contributed by atoms with Gasteiger partial charge in [-0.05, 0) is 36.8 Å². The second-order valence-electron chi connectivity index (χ2n) is 4.89. The summed E-state index contributed by atoms with van der Waals surface area (Å²) in [5.41, 5.74) is 9.46. The summed E-state index contributed by atoms with van der Waals surface area (Å²) in [5, 5.41) is 0. The fourth-order valence-corrected chi connectivity index (χ4v) is 2.46. The Balaban J connectivity index is 2.26. The molecule has 0 unspecified atom stereocenters. The Morgan fingerprint density at radius 3 is 2.90 bits per heavy atom. The number of rotatable bonds is 4. The van der Waals surface area contributed by atoms with Crippen LogP contribution >= 0.6 is 0 Å². The maximum atomic E-state index is 6.13. The SMILES string of the molecule is CCCn1c(-c2cc(OC)ccc2N)nc2cccnc21. The molecule has 0 aliphatic heterocycles. The summed E-state index contributed by atoms with van der Waals surface area (Å²) >= 11 is 0. The number of methoxy groups -OCH3 is 1. The summed E-state index contributed by atoms with van der Waals surface area (Å²) in [6, 6.07) is 9.47. The number of nitrogens with zero attached hydrogens (tertiary/aromatic N) is 3. The molecule has 3 aromatic rings. The predicted octanol–water partition coefficient (Wildman–Crippen LogP) is 3.10. The number of hydrogen-bond donors (Lipinski definition) is 1. The molecule has 0 amide bonds. The number of hydrogen-bond acceptors (Lipinski definition) is 4. The number of aromatic nitrogens is 3. The van der Waals surface area contributed by atoms with Crippen LogP contribution in [0, 0.1) is 0 Å². The number of benzene rings is 1. The van der Waals surface area contributed by atoms with Gasteiger partial charge in [0.2, 0.25) is 0 Å². The molecule has 0 spiro atoms. The zero-order valence-electron chi connectivity index (χ0n) is 12.2. The van der Waals surface area contributed by atoms with E-state index in [4.69, 9.17) is 15.5 Å². The molecule has 21 heavy (non-hydrogen) atoms. The first kappa shape index (κ1) is 13.4. The Kier molecular flexibility index (Phi) is 3.48. The van der Waals surface area contributed by atoms with Gasteiger partial charge in [-0.3, -0.25) is 0 Å². The van der Waals surface area contributed by atoms with Crippen LogP contribution in [0.1, 0.15) is 13.3 Å². The van der Waals surface area contributed by atoms with E-state index in [0.29, 0.717) is 5.69 Å². The van der Waals surface area contributed by atoms with Crippen molar-refractivity contribution >= 4 is 16.9 Å². The van der Waals surface area contributed by atoms with Crippen molar-refractivity contribution in [3.05, 3.63) is 36.5 Å². The highest BCUT2D eigenvalue weighted by atomic mass is 16.5. The first-order valence-electron chi connectivity index (χ1n) is 6.99. The quantitative estimate of drug-likeness (QED) is 0.747. The van der Waals surface area contributed by atoms with E-state index in [1.54, 1.807) is 13.3 Å². The summed E-state index contributed by atoms with van der Waals surface area (Å²) in [7, 11) is 1.64. The van der Waals surface area contributed by atoms with Gasteiger partial charge in [-0.1, -0.05) is 6.92 Å². The normalized spacial score (nSPS) is 11.0. The lowest BCUT2D eigenvalue weighted by Crippen LogP contribution is -2.02. The number of nitrogen functional groups attached to an aromatic ring is 1. The second kappa shape index (κ2) is 5.44. The third kappa shape index (κ3) is 2.31. The van der Waals surface area contributed by atoms with E-state index in [2.05, 4.69) is 16.5 Å². The number of imidazole rings is 1. The van der Waals surface area contributed by atoms with Gasteiger partial charge in [0.1, 0.15) is 17.1 Å². The molecule has 0 radical (unpaired) electrons. The van der Waals surface area contributed by atoms with E-state index in [1.165, 1.54) is 0 Å². The molecule has 5 heteroatoms. The smallest absolute Gasteiger partial charge is 0.160 e. The van der Waals surface area contributed by atoms with Crippen LogP contribution in [0.4, 0.5) is 5.69 Å². The van der Waals surface area contributed by atoms with Crippen LogP contribution in [-0.4, -0.2) is 21.6 Å². The Morgan fingerprint density at radius 2 is 2.14 bits per heavy atom. The van der Waals surface area contributed by atoms with E-state index < -0.39 is 0 Å². The van der Waals surface area contributed by atoms with Gasteiger partial charge in [0, 0.05) is 24.0 Å². The van der Waals surface area contributed by atoms with Crippen LogP contribution in [0.25, 0.3) is 22.6 Å². The molecule has 108 valence electrons. The molecular weight excluding hydrogens is 264 g/mol. The van der Waals surface area contributed by atoms with Gasteiger partial charge in [-0.15, -0.1) is 0 Å². The molecule has 0 aliphatic rings. The first-order chi connectivity index (χ1) is 10.2. The number of nitrogens with two attached hydrogens (primary N) is 1. The van der Waals surface area contributed by atoms with Crippen molar-refractivity contribution in [1.29, 1.82) is 0 Å². The number of anilines is 1. The van der Waals surface area contributed by atoms with Gasteiger partial charge in [-0.2, -0.15) is 0 Å². The van der Waals surface area contributed by atoms with Crippen LogP contribution < -0.4 is 10.5 Å². The molecular formula is C16H18N4O. The summed E-state index contributed by atoms with van der Waals surface area (Å²) in [6.07, 6.45) is 2.79. The third-order valence-corrected chi connectivity index (χ3v) is 3.45. The molecule has 1 aromatic carbocycles. The van der Waals surface area contributed by atoms with Crippen molar-refractivity contribution in [2.24, 2.45) is 0 Å². The Bertz CT molecular complexity index is 779. The fraction of sp³-hybridized carbons (Fsp3) is 0.250. The molecule has 2 aromatic heterocycles. The van der Waals surface area contributed by atoms with Gasteiger partial charge >= 0.3 is 0 Å². The van der Waals surface area contributed by atoms with E-state index in [0.717, 1.165) is 41.3 Å². The fourth-order valence-electron chi connectivity index (χ4n) is 2.46. The van der Waals surface area contributed by atoms with Gasteiger partial charge in [-0.25, -0.2) is 9.97 Å². The van der Waals surface area contributed by atoms with E-state index in [9.17, 15) is 0 Å². The van der Waals surface area contributed by atoms with Crippen molar-refractivity contribution in [3.8, 4) is 17.1 Å². The van der Waals surface area contributed by atoms with Crippen molar-refractivity contribution in [3.63, 3.8) is 0 Å². The van der Waals surface area contributed by atoms with Gasteiger partial charge < -0.3 is 15.0 Å². The topological polar surface area (TPSA) is 66.0 Å². The summed E-state index contributed by atoms with van der Waals surface area (Å²) < 4.78 is 7.41. The highest BCUT2D eigenvalue weighted by molar-refractivity contribution is 5.81. The highest BCUT2D eigenvalue weighted by Gasteiger charge is 2.15. The molecule has 0 bridgehead atoms. The Morgan fingerprint density at radius 1 is 1.29 bits per heavy atom. The third-order valence-electron chi connectivity index (χ3n) is 3.45. The predicted molar refractivity (Wildman–Crippen MR) is 84.2 cm³/mol. The lowest BCUT2D eigenvalue weighted by atomic mass is 10.1. The number of ether oxygens (including phenoxy) is 1. The minimum atomic E-state index is 0.684. The maximum absolute atomic E-state index is 6.13. The van der Waals surface area contributed by atoms with Crippen molar-refractivity contribution < 1.29 is 4.74 Å². The molecule has 0 fully saturated rings. The molecule has 3 rings (SSSR count). The Labute approximate surface area is 123 Å². The monoisotopic (exact) mass is 282 g/mol. The molecule has 0 saturated heterocycles. The molecule has 0 aliphatic carbocycles. The molecule has 2 N–H and O–H groups in total. The van der Waals surface area contributed by atoms with E-state index >= 15 is 0 Å². The number of aryl methyl sites for hydroxylation is 1. The van der Waals surface area contributed by atoms with Gasteiger partial charge in [0.25, 0.3) is 0 Å².